The fraction of sp³-hybridized carbons (Fsp3) is 0.923. The summed E-state index contributed by atoms with van der Waals surface area (Å²) in [5.74, 6) is 0.821. The van der Waals surface area contributed by atoms with Gasteiger partial charge in [0.2, 0.25) is 5.91 Å². The number of rotatable bonds is 7. The molecule has 0 bridgehead atoms. The number of carbonyl (C=O) groups is 1. The molecule has 1 atom stereocenters. The normalized spacial score (nSPS) is 20.4. The summed E-state index contributed by atoms with van der Waals surface area (Å²) in [4.78, 5) is 11.8. The number of aliphatic hydroxyl groups is 1. The quantitative estimate of drug-likeness (QED) is 0.650. The summed E-state index contributed by atoms with van der Waals surface area (Å²) in [6.07, 6.45) is 8.26. The zero-order valence-electron chi connectivity index (χ0n) is 11.3. The third-order valence-electron chi connectivity index (χ3n) is 3.86. The summed E-state index contributed by atoms with van der Waals surface area (Å²) in [5.41, 5.74) is 5.71. The molecule has 0 aromatic carbocycles. The minimum absolute atomic E-state index is 0.0811. The highest BCUT2D eigenvalue weighted by Crippen LogP contribution is 2.35. The van der Waals surface area contributed by atoms with Crippen LogP contribution in [-0.2, 0) is 4.79 Å². The van der Waals surface area contributed by atoms with Crippen LogP contribution >= 0.6 is 11.8 Å². The Morgan fingerprint density at radius 3 is 2.67 bits per heavy atom. The van der Waals surface area contributed by atoms with E-state index in [-0.39, 0.29) is 17.9 Å². The van der Waals surface area contributed by atoms with Crippen molar-refractivity contribution in [1.82, 2.24) is 5.32 Å². The molecule has 4 N–H and O–H groups in total. The summed E-state index contributed by atoms with van der Waals surface area (Å²) in [6, 6.07) is -0.420. The summed E-state index contributed by atoms with van der Waals surface area (Å²) in [6.45, 7) is 0.725. The van der Waals surface area contributed by atoms with E-state index in [9.17, 15) is 9.90 Å². The molecule has 0 aromatic heterocycles. The molecule has 0 radical (unpaired) electrons. The number of thioether (sulfide) groups is 1. The van der Waals surface area contributed by atoms with E-state index in [1.807, 2.05) is 6.26 Å². The van der Waals surface area contributed by atoms with Crippen LogP contribution in [-0.4, -0.2) is 42.2 Å². The van der Waals surface area contributed by atoms with Gasteiger partial charge in [-0.15, -0.1) is 0 Å². The lowest BCUT2D eigenvalue weighted by molar-refractivity contribution is -0.123. The maximum atomic E-state index is 11.8. The first kappa shape index (κ1) is 15.8. The minimum atomic E-state index is -0.420. The Kier molecular flexibility index (Phi) is 7.04. The van der Waals surface area contributed by atoms with Crippen molar-refractivity contribution in [2.75, 3.05) is 25.2 Å². The monoisotopic (exact) mass is 274 g/mol. The van der Waals surface area contributed by atoms with Gasteiger partial charge in [-0.05, 0) is 31.3 Å². The average Bonchev–Trinajstić information content (AvgIpc) is 2.43. The van der Waals surface area contributed by atoms with Crippen molar-refractivity contribution in [1.29, 1.82) is 0 Å². The van der Waals surface area contributed by atoms with Crippen molar-refractivity contribution < 1.29 is 9.90 Å². The van der Waals surface area contributed by atoms with Crippen LogP contribution in [0.2, 0.25) is 0 Å². The summed E-state index contributed by atoms with van der Waals surface area (Å²) in [7, 11) is 0. The summed E-state index contributed by atoms with van der Waals surface area (Å²) in [5, 5.41) is 12.5. The number of carbonyl (C=O) groups excluding carboxylic acids is 1. The second-order valence-electron chi connectivity index (χ2n) is 5.32. The molecule has 0 aliphatic heterocycles. The van der Waals surface area contributed by atoms with Crippen LogP contribution in [0.3, 0.4) is 0 Å². The van der Waals surface area contributed by atoms with Crippen molar-refractivity contribution >= 4 is 17.7 Å². The smallest absolute Gasteiger partial charge is 0.236 e. The Hall–Kier alpha value is -0.260. The zero-order valence-corrected chi connectivity index (χ0v) is 12.1. The van der Waals surface area contributed by atoms with Crippen molar-refractivity contribution in [3.8, 4) is 0 Å². The Morgan fingerprint density at radius 1 is 1.44 bits per heavy atom. The first-order chi connectivity index (χ1) is 8.63. The highest BCUT2D eigenvalue weighted by molar-refractivity contribution is 7.98. The van der Waals surface area contributed by atoms with Crippen LogP contribution in [0, 0.1) is 5.41 Å². The molecule has 1 amide bonds. The van der Waals surface area contributed by atoms with Gasteiger partial charge in [-0.1, -0.05) is 19.3 Å². The van der Waals surface area contributed by atoms with Gasteiger partial charge in [0.05, 0.1) is 12.6 Å². The average molecular weight is 274 g/mol. The molecule has 1 saturated carbocycles. The fourth-order valence-electron chi connectivity index (χ4n) is 2.47. The SMILES string of the molecule is CSCC[C@@H](N)C(=O)NCC1(CO)CCCCC1. The summed E-state index contributed by atoms with van der Waals surface area (Å²) >= 11 is 1.70. The Balaban J connectivity index is 2.35. The van der Waals surface area contributed by atoms with E-state index in [1.54, 1.807) is 11.8 Å². The molecule has 1 aliphatic carbocycles. The van der Waals surface area contributed by atoms with Crippen molar-refractivity contribution in [3.05, 3.63) is 0 Å². The highest BCUT2D eigenvalue weighted by Gasteiger charge is 2.32. The molecule has 0 unspecified atom stereocenters. The second-order valence-corrected chi connectivity index (χ2v) is 6.31. The molecule has 4 nitrogen and oxygen atoms in total. The van der Waals surface area contributed by atoms with Crippen LogP contribution < -0.4 is 11.1 Å². The molecule has 1 rings (SSSR count). The van der Waals surface area contributed by atoms with Crippen molar-refractivity contribution in [2.24, 2.45) is 11.1 Å². The predicted octanol–water partition coefficient (Wildman–Crippen LogP) is 1.13. The fourth-order valence-corrected chi connectivity index (χ4v) is 2.96. The number of nitrogens with one attached hydrogen (secondary N) is 1. The summed E-state index contributed by atoms with van der Waals surface area (Å²) < 4.78 is 0. The van der Waals surface area contributed by atoms with Gasteiger partial charge in [0, 0.05) is 12.0 Å². The maximum Gasteiger partial charge on any atom is 0.236 e. The van der Waals surface area contributed by atoms with Gasteiger partial charge < -0.3 is 16.2 Å². The third kappa shape index (κ3) is 4.78. The highest BCUT2D eigenvalue weighted by atomic mass is 32.2. The van der Waals surface area contributed by atoms with Gasteiger partial charge in [-0.25, -0.2) is 0 Å². The first-order valence-electron chi connectivity index (χ1n) is 6.77. The molecule has 106 valence electrons. The molecule has 1 fully saturated rings. The van der Waals surface area contributed by atoms with Crippen LogP contribution in [0.4, 0.5) is 0 Å². The van der Waals surface area contributed by atoms with E-state index in [1.165, 1.54) is 6.42 Å². The Bertz CT molecular complexity index is 255. The standard InChI is InChI=1S/C13H26N2O2S/c1-18-8-5-11(14)12(17)15-9-13(10-16)6-3-2-4-7-13/h11,16H,2-10,14H2,1H3,(H,15,17)/t11-/m1/s1. The van der Waals surface area contributed by atoms with Crippen LogP contribution in [0.5, 0.6) is 0 Å². The van der Waals surface area contributed by atoms with Gasteiger partial charge in [-0.2, -0.15) is 11.8 Å². The first-order valence-corrected chi connectivity index (χ1v) is 8.16. The number of nitrogens with two attached hydrogens (primary N) is 1. The lowest BCUT2D eigenvalue weighted by atomic mass is 9.74. The zero-order chi connectivity index (χ0) is 13.4. The molecule has 0 aromatic rings. The van der Waals surface area contributed by atoms with Gasteiger partial charge >= 0.3 is 0 Å². The van der Waals surface area contributed by atoms with Crippen LogP contribution in [0.15, 0.2) is 0 Å². The van der Waals surface area contributed by atoms with Gasteiger partial charge in [0.15, 0.2) is 0 Å². The number of aliphatic hydroxyl groups excluding tert-OH is 1. The topological polar surface area (TPSA) is 75.4 Å². The third-order valence-corrected chi connectivity index (χ3v) is 4.50. The number of hydrogen-bond donors (Lipinski definition) is 3. The van der Waals surface area contributed by atoms with Crippen LogP contribution in [0.1, 0.15) is 38.5 Å². The van der Waals surface area contributed by atoms with Crippen molar-refractivity contribution in [3.63, 3.8) is 0 Å². The number of amides is 1. The van der Waals surface area contributed by atoms with E-state index < -0.39 is 6.04 Å². The predicted molar refractivity (Wildman–Crippen MR) is 76.6 cm³/mol. The molecule has 0 spiro atoms. The van der Waals surface area contributed by atoms with E-state index in [0.29, 0.717) is 13.0 Å². The van der Waals surface area contributed by atoms with Crippen LogP contribution in [0.25, 0.3) is 0 Å². The lowest BCUT2D eigenvalue weighted by Crippen LogP contribution is -2.47. The molecular weight excluding hydrogens is 248 g/mol. The van der Waals surface area contributed by atoms with E-state index in [2.05, 4.69) is 5.32 Å². The Labute approximate surface area is 114 Å². The molecular formula is C13H26N2O2S. The maximum absolute atomic E-state index is 11.8. The van der Waals surface area contributed by atoms with E-state index in [0.717, 1.165) is 31.4 Å². The molecule has 0 heterocycles. The minimum Gasteiger partial charge on any atom is -0.396 e. The van der Waals surface area contributed by atoms with Gasteiger partial charge in [0.25, 0.3) is 0 Å². The van der Waals surface area contributed by atoms with Gasteiger partial charge in [-0.3, -0.25) is 4.79 Å². The molecule has 1 aliphatic rings. The lowest BCUT2D eigenvalue weighted by Gasteiger charge is -2.35. The Morgan fingerprint density at radius 2 is 2.11 bits per heavy atom. The molecule has 5 heteroatoms. The van der Waals surface area contributed by atoms with Gasteiger partial charge in [0.1, 0.15) is 0 Å². The van der Waals surface area contributed by atoms with Crippen molar-refractivity contribution in [2.45, 2.75) is 44.6 Å². The van der Waals surface area contributed by atoms with E-state index in [4.69, 9.17) is 5.73 Å². The largest absolute Gasteiger partial charge is 0.396 e. The molecule has 0 saturated heterocycles. The number of hydrogen-bond acceptors (Lipinski definition) is 4. The van der Waals surface area contributed by atoms with E-state index >= 15 is 0 Å². The molecule has 18 heavy (non-hydrogen) atoms. The second kappa shape index (κ2) is 8.02.